The Labute approximate surface area is 136 Å². The van der Waals surface area contributed by atoms with Crippen molar-refractivity contribution >= 4 is 33.3 Å². The van der Waals surface area contributed by atoms with Crippen LogP contribution >= 0.6 is 11.3 Å². The monoisotopic (exact) mass is 337 g/mol. The summed E-state index contributed by atoms with van der Waals surface area (Å²) in [5.74, 6) is -1.72. The van der Waals surface area contributed by atoms with Gasteiger partial charge in [-0.2, -0.15) is 0 Å². The molecule has 0 saturated carbocycles. The van der Waals surface area contributed by atoms with Crippen LogP contribution in [-0.4, -0.2) is 47.7 Å². The minimum Gasteiger partial charge on any atom is -0.480 e. The van der Waals surface area contributed by atoms with E-state index in [4.69, 9.17) is 9.84 Å². The van der Waals surface area contributed by atoms with Crippen LogP contribution in [0.2, 0.25) is 0 Å². The molecule has 1 fully saturated rings. The zero-order chi connectivity index (χ0) is 16.4. The molecule has 0 atom stereocenters. The van der Waals surface area contributed by atoms with E-state index in [9.17, 15) is 14.0 Å². The van der Waals surface area contributed by atoms with E-state index in [-0.39, 0.29) is 24.3 Å². The van der Waals surface area contributed by atoms with E-state index in [1.54, 1.807) is 12.1 Å². The van der Waals surface area contributed by atoms with Crippen LogP contribution in [0.5, 0.6) is 0 Å². The van der Waals surface area contributed by atoms with Gasteiger partial charge in [0.2, 0.25) is 0 Å². The topological polar surface area (TPSA) is 66.8 Å². The van der Waals surface area contributed by atoms with Crippen LogP contribution in [0.25, 0.3) is 10.1 Å². The highest BCUT2D eigenvalue weighted by atomic mass is 32.1. The molecule has 1 amide bonds. The van der Waals surface area contributed by atoms with Gasteiger partial charge in [-0.25, -0.2) is 4.39 Å². The highest BCUT2D eigenvalue weighted by molar-refractivity contribution is 7.20. The molecule has 1 aromatic carbocycles. The second-order valence-electron chi connectivity index (χ2n) is 5.46. The molecule has 5 nitrogen and oxygen atoms in total. The Kier molecular flexibility index (Phi) is 4.58. The Morgan fingerprint density at radius 2 is 2.04 bits per heavy atom. The minimum atomic E-state index is -1.04. The molecule has 0 bridgehead atoms. The van der Waals surface area contributed by atoms with Crippen molar-refractivity contribution in [2.24, 2.45) is 0 Å². The molecule has 0 radical (unpaired) electrons. The van der Waals surface area contributed by atoms with Crippen LogP contribution in [0.1, 0.15) is 22.5 Å². The van der Waals surface area contributed by atoms with Crippen LogP contribution in [0, 0.1) is 5.82 Å². The number of ether oxygens (including phenoxy) is 1. The SMILES string of the molecule is O=C(O)CN(C(=O)c1cc2cc(F)ccc2s1)C1CCOCC1. The Morgan fingerprint density at radius 3 is 2.74 bits per heavy atom. The van der Waals surface area contributed by atoms with Gasteiger partial charge in [0.15, 0.2) is 0 Å². The van der Waals surface area contributed by atoms with Gasteiger partial charge in [0.25, 0.3) is 5.91 Å². The number of hydrogen-bond donors (Lipinski definition) is 1. The summed E-state index contributed by atoms with van der Waals surface area (Å²) in [7, 11) is 0. The van der Waals surface area contributed by atoms with Crippen LogP contribution in [0.3, 0.4) is 0 Å². The molecule has 3 rings (SSSR count). The number of carbonyl (C=O) groups is 2. The lowest BCUT2D eigenvalue weighted by Crippen LogP contribution is -2.45. The zero-order valence-corrected chi connectivity index (χ0v) is 13.1. The maximum Gasteiger partial charge on any atom is 0.323 e. The summed E-state index contributed by atoms with van der Waals surface area (Å²) in [6.45, 7) is 0.698. The molecular formula is C16H16FNO4S. The average Bonchev–Trinajstić information content (AvgIpc) is 2.95. The molecular weight excluding hydrogens is 321 g/mol. The fourth-order valence-electron chi connectivity index (χ4n) is 2.77. The van der Waals surface area contributed by atoms with Gasteiger partial charge >= 0.3 is 5.97 Å². The van der Waals surface area contributed by atoms with Gasteiger partial charge in [0.1, 0.15) is 12.4 Å². The maximum atomic E-state index is 13.3. The van der Waals surface area contributed by atoms with E-state index in [0.29, 0.717) is 36.3 Å². The van der Waals surface area contributed by atoms with Crippen molar-refractivity contribution in [1.29, 1.82) is 0 Å². The van der Waals surface area contributed by atoms with Crippen molar-refractivity contribution in [2.75, 3.05) is 19.8 Å². The number of fused-ring (bicyclic) bond motifs is 1. The third-order valence-corrected chi connectivity index (χ3v) is 4.99. The van der Waals surface area contributed by atoms with Gasteiger partial charge < -0.3 is 14.7 Å². The predicted molar refractivity (Wildman–Crippen MR) is 84.3 cm³/mol. The number of rotatable bonds is 4. The molecule has 2 aromatic rings. The first-order chi connectivity index (χ1) is 11.0. The molecule has 1 aliphatic rings. The van der Waals surface area contributed by atoms with Crippen LogP contribution in [0.15, 0.2) is 24.3 Å². The first-order valence-corrected chi connectivity index (χ1v) is 8.16. The molecule has 0 aliphatic carbocycles. The van der Waals surface area contributed by atoms with Gasteiger partial charge in [-0.3, -0.25) is 9.59 Å². The van der Waals surface area contributed by atoms with Crippen molar-refractivity contribution in [3.8, 4) is 0 Å². The molecule has 1 aliphatic heterocycles. The number of carboxylic acid groups (broad SMARTS) is 1. The lowest BCUT2D eigenvalue weighted by molar-refractivity contribution is -0.138. The molecule has 2 heterocycles. The molecule has 23 heavy (non-hydrogen) atoms. The highest BCUT2D eigenvalue weighted by Crippen LogP contribution is 2.28. The summed E-state index contributed by atoms with van der Waals surface area (Å²) in [4.78, 5) is 25.7. The molecule has 0 unspecified atom stereocenters. The summed E-state index contributed by atoms with van der Waals surface area (Å²) in [5.41, 5.74) is 0. The molecule has 7 heteroatoms. The maximum absolute atomic E-state index is 13.3. The average molecular weight is 337 g/mol. The van der Waals surface area contributed by atoms with Crippen molar-refractivity contribution < 1.29 is 23.8 Å². The number of halogens is 1. The van der Waals surface area contributed by atoms with Crippen molar-refractivity contribution in [3.63, 3.8) is 0 Å². The van der Waals surface area contributed by atoms with E-state index in [1.807, 2.05) is 0 Å². The fourth-order valence-corrected chi connectivity index (χ4v) is 3.77. The third kappa shape index (κ3) is 3.51. The number of carbonyl (C=O) groups excluding carboxylic acids is 1. The highest BCUT2D eigenvalue weighted by Gasteiger charge is 2.29. The number of aliphatic carboxylic acids is 1. The van der Waals surface area contributed by atoms with E-state index >= 15 is 0 Å². The second kappa shape index (κ2) is 6.64. The first kappa shape index (κ1) is 15.9. The first-order valence-electron chi connectivity index (χ1n) is 7.34. The summed E-state index contributed by atoms with van der Waals surface area (Å²) in [6.07, 6.45) is 1.25. The number of amides is 1. The quantitative estimate of drug-likeness (QED) is 0.931. The minimum absolute atomic E-state index is 0.144. The smallest absolute Gasteiger partial charge is 0.323 e. The van der Waals surface area contributed by atoms with E-state index in [2.05, 4.69) is 0 Å². The fraction of sp³-hybridized carbons (Fsp3) is 0.375. The summed E-state index contributed by atoms with van der Waals surface area (Å²) in [5, 5.41) is 9.77. The van der Waals surface area contributed by atoms with Gasteiger partial charge in [-0.1, -0.05) is 0 Å². The van der Waals surface area contributed by atoms with Crippen LogP contribution < -0.4 is 0 Å². The van der Waals surface area contributed by atoms with E-state index in [1.165, 1.54) is 28.4 Å². The van der Waals surface area contributed by atoms with Crippen molar-refractivity contribution in [2.45, 2.75) is 18.9 Å². The van der Waals surface area contributed by atoms with Crippen LogP contribution in [0.4, 0.5) is 4.39 Å². The standard InChI is InChI=1S/C16H16FNO4S/c17-11-1-2-13-10(7-11)8-14(23-13)16(21)18(9-15(19)20)12-3-5-22-6-4-12/h1-2,7-8,12H,3-6,9H2,(H,19,20). The molecule has 1 N–H and O–H groups in total. The van der Waals surface area contributed by atoms with Crippen molar-refractivity contribution in [3.05, 3.63) is 35.0 Å². The normalized spacial score (nSPS) is 15.7. The van der Waals surface area contributed by atoms with Gasteiger partial charge in [-0.15, -0.1) is 11.3 Å². The largest absolute Gasteiger partial charge is 0.480 e. The Morgan fingerprint density at radius 1 is 1.30 bits per heavy atom. The molecule has 1 aromatic heterocycles. The molecule has 1 saturated heterocycles. The lowest BCUT2D eigenvalue weighted by atomic mass is 10.1. The lowest BCUT2D eigenvalue weighted by Gasteiger charge is -2.32. The second-order valence-corrected chi connectivity index (χ2v) is 6.55. The zero-order valence-electron chi connectivity index (χ0n) is 12.3. The van der Waals surface area contributed by atoms with E-state index in [0.717, 1.165) is 4.70 Å². The van der Waals surface area contributed by atoms with E-state index < -0.39 is 5.97 Å². The number of nitrogens with zero attached hydrogens (tertiary/aromatic N) is 1. The Balaban J connectivity index is 1.89. The number of carboxylic acids is 1. The number of benzene rings is 1. The van der Waals surface area contributed by atoms with Gasteiger partial charge in [0, 0.05) is 24.0 Å². The Hall–Kier alpha value is -1.99. The predicted octanol–water partition coefficient (Wildman–Crippen LogP) is 2.75. The molecule has 122 valence electrons. The number of hydrogen-bond acceptors (Lipinski definition) is 4. The van der Waals surface area contributed by atoms with Gasteiger partial charge in [0.05, 0.1) is 4.88 Å². The Bertz CT molecular complexity index is 739. The van der Waals surface area contributed by atoms with Gasteiger partial charge in [-0.05, 0) is 42.5 Å². The van der Waals surface area contributed by atoms with Crippen LogP contribution in [-0.2, 0) is 9.53 Å². The number of thiophene rings is 1. The summed E-state index contributed by atoms with van der Waals surface area (Å²) < 4.78 is 19.4. The van der Waals surface area contributed by atoms with Crippen molar-refractivity contribution in [1.82, 2.24) is 4.90 Å². The summed E-state index contributed by atoms with van der Waals surface area (Å²) in [6, 6.07) is 5.83. The third-order valence-electron chi connectivity index (χ3n) is 3.89. The molecule has 0 spiro atoms. The summed E-state index contributed by atoms with van der Waals surface area (Å²) >= 11 is 1.25.